The highest BCUT2D eigenvalue weighted by molar-refractivity contribution is 7.99. The molecule has 2 N–H and O–H groups in total. The number of thioether (sulfide) groups is 1. The summed E-state index contributed by atoms with van der Waals surface area (Å²) in [6, 6.07) is 0.386. The van der Waals surface area contributed by atoms with E-state index in [4.69, 9.17) is 5.73 Å². The van der Waals surface area contributed by atoms with Crippen LogP contribution in [0, 0.1) is 0 Å². The normalized spacial score (nSPS) is 15.9. The molecule has 0 bridgehead atoms. The highest BCUT2D eigenvalue weighted by atomic mass is 32.2. The highest BCUT2D eigenvalue weighted by Crippen LogP contribution is 2.19. The van der Waals surface area contributed by atoms with Crippen molar-refractivity contribution < 1.29 is 0 Å². The fourth-order valence-electron chi connectivity index (χ4n) is 1.45. The van der Waals surface area contributed by atoms with Crippen molar-refractivity contribution in [2.75, 3.05) is 26.4 Å². The molecule has 0 aromatic carbocycles. The van der Waals surface area contributed by atoms with Gasteiger partial charge in [-0.3, -0.25) is 0 Å². The van der Waals surface area contributed by atoms with Gasteiger partial charge in [0.05, 0.1) is 0 Å². The quantitative estimate of drug-likeness (QED) is 0.677. The molecule has 14 heavy (non-hydrogen) atoms. The molecule has 0 amide bonds. The van der Waals surface area contributed by atoms with Gasteiger partial charge in [0.15, 0.2) is 0 Å². The van der Waals surface area contributed by atoms with Crippen LogP contribution in [-0.2, 0) is 0 Å². The summed E-state index contributed by atoms with van der Waals surface area (Å²) in [6.45, 7) is 5.60. The van der Waals surface area contributed by atoms with Crippen LogP contribution in [0.5, 0.6) is 0 Å². The Morgan fingerprint density at radius 2 is 1.93 bits per heavy atom. The van der Waals surface area contributed by atoms with Crippen molar-refractivity contribution in [3.05, 3.63) is 0 Å². The van der Waals surface area contributed by atoms with Crippen LogP contribution in [0.1, 0.15) is 33.1 Å². The third kappa shape index (κ3) is 6.68. The minimum atomic E-state index is 0.386. The van der Waals surface area contributed by atoms with Gasteiger partial charge in [0.25, 0.3) is 0 Å². The van der Waals surface area contributed by atoms with E-state index in [9.17, 15) is 0 Å². The minimum absolute atomic E-state index is 0.386. The summed E-state index contributed by atoms with van der Waals surface area (Å²) in [7, 11) is 4.24. The Labute approximate surface area is 93.6 Å². The maximum Gasteiger partial charge on any atom is 0.0196 e. The molecule has 0 fully saturated rings. The molecular formula is C11H26N2S. The van der Waals surface area contributed by atoms with E-state index in [-0.39, 0.29) is 0 Å². The van der Waals surface area contributed by atoms with Gasteiger partial charge in [-0.1, -0.05) is 20.3 Å². The second kappa shape index (κ2) is 8.57. The molecule has 0 aromatic heterocycles. The number of hydrogen-bond acceptors (Lipinski definition) is 3. The smallest absolute Gasteiger partial charge is 0.0196 e. The Balaban J connectivity index is 3.66. The second-order valence-electron chi connectivity index (χ2n) is 4.07. The fourth-order valence-corrected chi connectivity index (χ4v) is 2.84. The first-order valence-electron chi connectivity index (χ1n) is 5.63. The number of rotatable bonds is 8. The van der Waals surface area contributed by atoms with E-state index < -0.39 is 0 Å². The maximum atomic E-state index is 6.12. The third-order valence-electron chi connectivity index (χ3n) is 2.37. The van der Waals surface area contributed by atoms with E-state index in [1.807, 2.05) is 11.8 Å². The van der Waals surface area contributed by atoms with Crippen LogP contribution in [-0.4, -0.2) is 42.6 Å². The van der Waals surface area contributed by atoms with Gasteiger partial charge in [-0.15, -0.1) is 0 Å². The van der Waals surface area contributed by atoms with E-state index >= 15 is 0 Å². The zero-order valence-electron chi connectivity index (χ0n) is 10.1. The average molecular weight is 218 g/mol. The lowest BCUT2D eigenvalue weighted by Gasteiger charge is -2.22. The zero-order valence-corrected chi connectivity index (χ0v) is 10.9. The molecule has 2 atom stereocenters. The molecule has 86 valence electrons. The number of nitrogens with two attached hydrogens (primary N) is 1. The van der Waals surface area contributed by atoms with Crippen LogP contribution in [0.15, 0.2) is 0 Å². The van der Waals surface area contributed by atoms with E-state index in [1.54, 1.807) is 0 Å². The van der Waals surface area contributed by atoms with Crippen molar-refractivity contribution in [1.29, 1.82) is 0 Å². The van der Waals surface area contributed by atoms with Gasteiger partial charge in [0, 0.05) is 23.6 Å². The Bertz CT molecular complexity index is 128. The third-order valence-corrected chi connectivity index (χ3v) is 3.90. The van der Waals surface area contributed by atoms with Crippen LogP contribution >= 0.6 is 11.8 Å². The maximum absolute atomic E-state index is 6.12. The average Bonchev–Trinajstić information content (AvgIpc) is 2.12. The molecule has 0 saturated heterocycles. The van der Waals surface area contributed by atoms with Crippen molar-refractivity contribution in [2.45, 2.75) is 44.4 Å². The summed E-state index contributed by atoms with van der Waals surface area (Å²) < 4.78 is 0. The van der Waals surface area contributed by atoms with Crippen molar-refractivity contribution in [2.24, 2.45) is 5.73 Å². The summed E-state index contributed by atoms with van der Waals surface area (Å²) in [5.41, 5.74) is 6.12. The summed E-state index contributed by atoms with van der Waals surface area (Å²) in [5, 5.41) is 0.648. The molecule has 0 rings (SSSR count). The molecule has 0 spiro atoms. The van der Waals surface area contributed by atoms with Crippen molar-refractivity contribution in [1.82, 2.24) is 4.90 Å². The first kappa shape index (κ1) is 14.3. The van der Waals surface area contributed by atoms with Gasteiger partial charge < -0.3 is 10.6 Å². The van der Waals surface area contributed by atoms with Crippen LogP contribution in [0.4, 0.5) is 0 Å². The van der Waals surface area contributed by atoms with Gasteiger partial charge in [0.2, 0.25) is 0 Å². The molecule has 0 aromatic rings. The van der Waals surface area contributed by atoms with Crippen LogP contribution in [0.3, 0.4) is 0 Å². The molecule has 0 aliphatic rings. The predicted octanol–water partition coefficient (Wildman–Crippen LogP) is 2.19. The molecule has 2 unspecified atom stereocenters. The van der Waals surface area contributed by atoms with Gasteiger partial charge in [0.1, 0.15) is 0 Å². The number of nitrogens with zero attached hydrogens (tertiary/aromatic N) is 1. The van der Waals surface area contributed by atoms with Gasteiger partial charge >= 0.3 is 0 Å². The topological polar surface area (TPSA) is 29.3 Å². The van der Waals surface area contributed by atoms with Gasteiger partial charge in [-0.25, -0.2) is 0 Å². The first-order valence-corrected chi connectivity index (χ1v) is 6.68. The van der Waals surface area contributed by atoms with Crippen LogP contribution < -0.4 is 5.73 Å². The van der Waals surface area contributed by atoms with Crippen molar-refractivity contribution >= 4 is 11.8 Å². The molecule has 0 radical (unpaired) electrons. The Kier molecular flexibility index (Phi) is 8.73. The van der Waals surface area contributed by atoms with E-state index in [0.717, 1.165) is 13.0 Å². The lowest BCUT2D eigenvalue weighted by Crippen LogP contribution is -2.32. The summed E-state index contributed by atoms with van der Waals surface area (Å²) in [6.07, 6.45) is 3.55. The van der Waals surface area contributed by atoms with E-state index in [2.05, 4.69) is 32.8 Å². The zero-order chi connectivity index (χ0) is 11.0. The monoisotopic (exact) mass is 218 g/mol. The Hall–Kier alpha value is 0.270. The lowest BCUT2D eigenvalue weighted by molar-refractivity contribution is 0.436. The molecule has 0 saturated carbocycles. The summed E-state index contributed by atoms with van der Waals surface area (Å²) >= 11 is 2.03. The highest BCUT2D eigenvalue weighted by Gasteiger charge is 2.14. The molecule has 3 heteroatoms. The predicted molar refractivity (Wildman–Crippen MR) is 68.0 cm³/mol. The van der Waals surface area contributed by atoms with E-state index in [1.165, 1.54) is 18.6 Å². The lowest BCUT2D eigenvalue weighted by atomic mass is 10.1. The molecule has 2 nitrogen and oxygen atoms in total. The van der Waals surface area contributed by atoms with Crippen molar-refractivity contribution in [3.8, 4) is 0 Å². The van der Waals surface area contributed by atoms with E-state index in [0.29, 0.717) is 11.3 Å². The summed E-state index contributed by atoms with van der Waals surface area (Å²) in [5.74, 6) is 1.20. The van der Waals surface area contributed by atoms with Gasteiger partial charge in [-0.2, -0.15) is 11.8 Å². The van der Waals surface area contributed by atoms with Crippen LogP contribution in [0.2, 0.25) is 0 Å². The fraction of sp³-hybridized carbons (Fsp3) is 1.00. The Morgan fingerprint density at radius 1 is 1.29 bits per heavy atom. The standard InChI is InChI=1S/C11H26N2S/c1-5-7-10(12)11(6-2)14-9-8-13(3)4/h10-11H,5-9,12H2,1-4H3. The Morgan fingerprint density at radius 3 is 2.36 bits per heavy atom. The SMILES string of the molecule is CCCC(N)C(CC)SCCN(C)C. The molecule has 0 heterocycles. The first-order chi connectivity index (χ1) is 6.61. The second-order valence-corrected chi connectivity index (χ2v) is 5.42. The number of hydrogen-bond donors (Lipinski definition) is 1. The summed E-state index contributed by atoms with van der Waals surface area (Å²) in [4.78, 5) is 2.23. The minimum Gasteiger partial charge on any atom is -0.327 e. The largest absolute Gasteiger partial charge is 0.327 e. The molecular weight excluding hydrogens is 192 g/mol. The van der Waals surface area contributed by atoms with Crippen LogP contribution in [0.25, 0.3) is 0 Å². The van der Waals surface area contributed by atoms with Crippen molar-refractivity contribution in [3.63, 3.8) is 0 Å². The molecule has 0 aliphatic carbocycles. The van der Waals surface area contributed by atoms with Gasteiger partial charge in [-0.05, 0) is 26.9 Å². The molecule has 0 aliphatic heterocycles.